The normalized spacial score (nSPS) is 10.4. The van der Waals surface area contributed by atoms with Crippen molar-refractivity contribution in [1.82, 2.24) is 9.55 Å². The fraction of sp³-hybridized carbons (Fsp3) is 0.182. The minimum absolute atomic E-state index is 0.779. The first-order valence-electron chi connectivity index (χ1n) is 4.52. The Morgan fingerprint density at radius 3 is 2.36 bits per heavy atom. The first-order chi connectivity index (χ1) is 6.66. The number of aryl methyl sites for hydroxylation is 2. The van der Waals surface area contributed by atoms with E-state index in [9.17, 15) is 0 Å². The molecule has 14 heavy (non-hydrogen) atoms. The predicted octanol–water partition coefficient (Wildman–Crippen LogP) is 1.98. The average Bonchev–Trinajstić information content (AvgIpc) is 2.48. The summed E-state index contributed by atoms with van der Waals surface area (Å²) >= 11 is 0. The van der Waals surface area contributed by atoms with Crippen LogP contribution in [0.2, 0.25) is 0 Å². The third kappa shape index (κ3) is 1.48. The summed E-state index contributed by atoms with van der Waals surface area (Å²) in [6.07, 6.45) is 2.01. The van der Waals surface area contributed by atoms with Gasteiger partial charge < -0.3 is 10.3 Å². The van der Waals surface area contributed by atoms with Crippen LogP contribution in [0.3, 0.4) is 0 Å². The molecular weight excluding hydrogens is 174 g/mol. The van der Waals surface area contributed by atoms with E-state index in [1.165, 1.54) is 0 Å². The summed E-state index contributed by atoms with van der Waals surface area (Å²) in [7, 11) is 1.99. The van der Waals surface area contributed by atoms with Crippen LogP contribution in [-0.2, 0) is 7.05 Å². The van der Waals surface area contributed by atoms with E-state index in [2.05, 4.69) is 4.98 Å². The third-order valence-corrected chi connectivity index (χ3v) is 2.32. The van der Waals surface area contributed by atoms with Crippen LogP contribution in [0, 0.1) is 6.92 Å². The van der Waals surface area contributed by atoms with Crippen molar-refractivity contribution >= 4 is 5.69 Å². The molecule has 0 saturated carbocycles. The van der Waals surface area contributed by atoms with Crippen LogP contribution >= 0.6 is 0 Å². The van der Waals surface area contributed by atoms with Gasteiger partial charge in [-0.1, -0.05) is 12.1 Å². The van der Waals surface area contributed by atoms with Crippen molar-refractivity contribution in [2.75, 3.05) is 5.73 Å². The maximum atomic E-state index is 5.61. The third-order valence-electron chi connectivity index (χ3n) is 2.32. The molecule has 0 aliphatic rings. The van der Waals surface area contributed by atoms with Gasteiger partial charge in [-0.05, 0) is 19.1 Å². The summed E-state index contributed by atoms with van der Waals surface area (Å²) in [5.74, 6) is 1.01. The van der Waals surface area contributed by atoms with Crippen LogP contribution in [0.1, 0.15) is 5.82 Å². The van der Waals surface area contributed by atoms with Crippen molar-refractivity contribution < 1.29 is 0 Å². The Labute approximate surface area is 83.2 Å². The SMILES string of the molecule is Cc1nc(-c2ccc(N)cc2)cn1C. The number of nitrogens with two attached hydrogens (primary N) is 1. The summed E-state index contributed by atoms with van der Waals surface area (Å²) in [4.78, 5) is 4.43. The van der Waals surface area contributed by atoms with Crippen LogP contribution in [0.15, 0.2) is 30.5 Å². The van der Waals surface area contributed by atoms with Crippen molar-refractivity contribution in [3.8, 4) is 11.3 Å². The molecular formula is C11H13N3. The maximum Gasteiger partial charge on any atom is 0.105 e. The lowest BCUT2D eigenvalue weighted by Crippen LogP contribution is -1.86. The minimum atomic E-state index is 0.779. The van der Waals surface area contributed by atoms with Crippen LogP contribution in [-0.4, -0.2) is 9.55 Å². The second-order valence-corrected chi connectivity index (χ2v) is 3.41. The maximum absolute atomic E-state index is 5.61. The molecule has 72 valence electrons. The number of aromatic nitrogens is 2. The van der Waals surface area contributed by atoms with Crippen LogP contribution in [0.25, 0.3) is 11.3 Å². The van der Waals surface area contributed by atoms with Gasteiger partial charge in [0, 0.05) is 24.5 Å². The van der Waals surface area contributed by atoms with E-state index in [-0.39, 0.29) is 0 Å². The molecule has 1 aromatic carbocycles. The first kappa shape index (κ1) is 8.81. The number of nitrogen functional groups attached to an aromatic ring is 1. The predicted molar refractivity (Wildman–Crippen MR) is 57.8 cm³/mol. The Kier molecular flexibility index (Phi) is 2.00. The molecule has 1 heterocycles. The Hall–Kier alpha value is -1.77. The molecule has 0 saturated heterocycles. The summed E-state index contributed by atoms with van der Waals surface area (Å²) in [5.41, 5.74) is 8.48. The van der Waals surface area contributed by atoms with Crippen molar-refractivity contribution in [1.29, 1.82) is 0 Å². The Balaban J connectivity index is 2.44. The van der Waals surface area contributed by atoms with Gasteiger partial charge in [0.2, 0.25) is 0 Å². The topological polar surface area (TPSA) is 43.8 Å². The lowest BCUT2D eigenvalue weighted by molar-refractivity contribution is 0.858. The molecule has 3 nitrogen and oxygen atoms in total. The highest BCUT2D eigenvalue weighted by molar-refractivity contribution is 5.61. The van der Waals surface area contributed by atoms with E-state index in [1.54, 1.807) is 0 Å². The molecule has 0 bridgehead atoms. The average molecular weight is 187 g/mol. The quantitative estimate of drug-likeness (QED) is 0.694. The Bertz CT molecular complexity index is 421. The molecule has 2 N–H and O–H groups in total. The molecule has 3 heteroatoms. The van der Waals surface area contributed by atoms with Crippen molar-refractivity contribution in [3.63, 3.8) is 0 Å². The van der Waals surface area contributed by atoms with Gasteiger partial charge >= 0.3 is 0 Å². The summed E-state index contributed by atoms with van der Waals surface area (Å²) in [6, 6.07) is 7.74. The van der Waals surface area contributed by atoms with Gasteiger partial charge in [0.05, 0.1) is 5.69 Å². The second-order valence-electron chi connectivity index (χ2n) is 3.41. The smallest absolute Gasteiger partial charge is 0.105 e. The van der Waals surface area contributed by atoms with Gasteiger partial charge in [0.15, 0.2) is 0 Å². The molecule has 0 spiro atoms. The molecule has 0 fully saturated rings. The van der Waals surface area contributed by atoms with E-state index < -0.39 is 0 Å². The molecule has 0 amide bonds. The highest BCUT2D eigenvalue weighted by atomic mass is 15.0. The van der Waals surface area contributed by atoms with E-state index in [4.69, 9.17) is 5.73 Å². The van der Waals surface area contributed by atoms with Gasteiger partial charge in [-0.2, -0.15) is 0 Å². The zero-order chi connectivity index (χ0) is 10.1. The first-order valence-corrected chi connectivity index (χ1v) is 4.52. The van der Waals surface area contributed by atoms with Gasteiger partial charge in [0.1, 0.15) is 5.82 Å². The van der Waals surface area contributed by atoms with Crippen molar-refractivity contribution in [2.24, 2.45) is 7.05 Å². The van der Waals surface area contributed by atoms with Crippen LogP contribution in [0.4, 0.5) is 5.69 Å². The fourth-order valence-electron chi connectivity index (χ4n) is 1.35. The van der Waals surface area contributed by atoms with Gasteiger partial charge in [-0.15, -0.1) is 0 Å². The zero-order valence-corrected chi connectivity index (χ0v) is 8.36. The second kappa shape index (κ2) is 3.18. The zero-order valence-electron chi connectivity index (χ0n) is 8.36. The van der Waals surface area contributed by atoms with Crippen LogP contribution < -0.4 is 5.73 Å². The molecule has 0 aliphatic carbocycles. The number of nitrogens with zero attached hydrogens (tertiary/aromatic N) is 2. The van der Waals surface area contributed by atoms with Gasteiger partial charge in [-0.25, -0.2) is 4.98 Å². The lowest BCUT2D eigenvalue weighted by atomic mass is 10.1. The molecule has 0 atom stereocenters. The van der Waals surface area contributed by atoms with E-state index >= 15 is 0 Å². The molecule has 0 radical (unpaired) electrons. The van der Waals surface area contributed by atoms with Crippen molar-refractivity contribution in [3.05, 3.63) is 36.3 Å². The van der Waals surface area contributed by atoms with E-state index in [1.807, 2.05) is 49.0 Å². The largest absolute Gasteiger partial charge is 0.399 e. The van der Waals surface area contributed by atoms with Gasteiger partial charge in [-0.3, -0.25) is 0 Å². The van der Waals surface area contributed by atoms with Crippen molar-refractivity contribution in [2.45, 2.75) is 6.92 Å². The highest BCUT2D eigenvalue weighted by Gasteiger charge is 2.02. The van der Waals surface area contributed by atoms with Gasteiger partial charge in [0.25, 0.3) is 0 Å². The number of anilines is 1. The molecule has 1 aromatic heterocycles. The standard InChI is InChI=1S/C11H13N3/c1-8-13-11(7-14(8)2)9-3-5-10(12)6-4-9/h3-7H,12H2,1-2H3. The summed E-state index contributed by atoms with van der Waals surface area (Å²) in [6.45, 7) is 1.99. The van der Waals surface area contributed by atoms with E-state index in [0.29, 0.717) is 0 Å². The number of benzene rings is 1. The molecule has 2 aromatic rings. The molecule has 0 aliphatic heterocycles. The fourth-order valence-corrected chi connectivity index (χ4v) is 1.35. The van der Waals surface area contributed by atoms with Crippen LogP contribution in [0.5, 0.6) is 0 Å². The Morgan fingerprint density at radius 1 is 1.21 bits per heavy atom. The minimum Gasteiger partial charge on any atom is -0.399 e. The number of hydrogen-bond acceptors (Lipinski definition) is 2. The lowest BCUT2D eigenvalue weighted by Gasteiger charge is -1.96. The number of hydrogen-bond donors (Lipinski definition) is 1. The highest BCUT2D eigenvalue weighted by Crippen LogP contribution is 2.19. The Morgan fingerprint density at radius 2 is 1.86 bits per heavy atom. The number of imidazole rings is 1. The van der Waals surface area contributed by atoms with E-state index in [0.717, 1.165) is 22.8 Å². The summed E-state index contributed by atoms with van der Waals surface area (Å²) < 4.78 is 2.01. The summed E-state index contributed by atoms with van der Waals surface area (Å²) in [5, 5.41) is 0. The number of rotatable bonds is 1. The monoisotopic (exact) mass is 187 g/mol. The molecule has 2 rings (SSSR count). The molecule has 0 unspecified atom stereocenters.